The Hall–Kier alpha value is -3.69. The van der Waals surface area contributed by atoms with Crippen molar-refractivity contribution in [2.45, 2.75) is 85.7 Å². The van der Waals surface area contributed by atoms with E-state index in [1.54, 1.807) is 85.7 Å². The topological polar surface area (TPSA) is 134 Å². The van der Waals surface area contributed by atoms with Crippen LogP contribution >= 0.6 is 0 Å². The summed E-state index contributed by atoms with van der Waals surface area (Å²) in [7, 11) is 0. The van der Waals surface area contributed by atoms with Gasteiger partial charge in [-0.2, -0.15) is 0 Å². The highest BCUT2D eigenvalue weighted by atomic mass is 16.6. The lowest BCUT2D eigenvalue weighted by Gasteiger charge is -2.29. The summed E-state index contributed by atoms with van der Waals surface area (Å²) in [5, 5.41) is 2.54. The molecule has 1 rings (SSSR count). The van der Waals surface area contributed by atoms with Crippen LogP contribution in [0.15, 0.2) is 43.0 Å². The normalized spacial score (nSPS) is 13.8. The Labute approximate surface area is 236 Å². The summed E-state index contributed by atoms with van der Waals surface area (Å²) in [5.74, 6) is -7.49. The zero-order valence-corrected chi connectivity index (χ0v) is 24.8. The summed E-state index contributed by atoms with van der Waals surface area (Å²) in [6, 6.07) is 7.70. The van der Waals surface area contributed by atoms with E-state index in [9.17, 15) is 24.0 Å². The number of rotatable bonds is 13. The number of esters is 3. The van der Waals surface area contributed by atoms with E-state index in [1.807, 2.05) is 0 Å². The first-order valence-corrected chi connectivity index (χ1v) is 13.2. The van der Waals surface area contributed by atoms with Gasteiger partial charge in [0.2, 0.25) is 0 Å². The molecule has 0 saturated carbocycles. The zero-order chi connectivity index (χ0) is 30.7. The smallest absolute Gasteiger partial charge is 0.408 e. The summed E-state index contributed by atoms with van der Waals surface area (Å²) in [6.45, 7) is 16.3. The van der Waals surface area contributed by atoms with Gasteiger partial charge in [-0.15, -0.1) is 0 Å². The van der Waals surface area contributed by atoms with Gasteiger partial charge in [0.1, 0.15) is 24.4 Å². The van der Waals surface area contributed by atoms with Crippen molar-refractivity contribution in [3.8, 4) is 0 Å². The van der Waals surface area contributed by atoms with Crippen LogP contribution in [0.3, 0.4) is 0 Å². The number of alkyl carbamates (subject to hydrolysis) is 1. The summed E-state index contributed by atoms with van der Waals surface area (Å²) < 4.78 is 21.3. The minimum atomic E-state index is -1.80. The Balaban J connectivity index is 3.41. The van der Waals surface area contributed by atoms with E-state index in [1.165, 1.54) is 6.08 Å². The van der Waals surface area contributed by atoms with Crippen molar-refractivity contribution in [2.24, 2.45) is 17.8 Å². The number of carbonyl (C=O) groups excluding carboxylic acids is 5. The average molecular weight is 562 g/mol. The van der Waals surface area contributed by atoms with E-state index in [0.717, 1.165) is 0 Å². The highest BCUT2D eigenvalue weighted by molar-refractivity contribution is 6.01. The van der Waals surface area contributed by atoms with Gasteiger partial charge in [0.25, 0.3) is 0 Å². The Bertz CT molecular complexity index is 1040. The second-order valence-electron chi connectivity index (χ2n) is 11.7. The van der Waals surface area contributed by atoms with Gasteiger partial charge in [0.05, 0.1) is 12.0 Å². The number of ether oxygens (including phenoxy) is 4. The fourth-order valence-electron chi connectivity index (χ4n) is 3.59. The molecule has 1 unspecified atom stereocenters. The van der Waals surface area contributed by atoms with Crippen LogP contribution in [-0.2, 0) is 44.7 Å². The van der Waals surface area contributed by atoms with Gasteiger partial charge in [-0.3, -0.25) is 19.2 Å². The standard InChI is InChI=1S/C30H43NO9/c1-10-16-37-26(34)23(27(35)39-29(4,5)6)21(25(33)38-18-20-14-12-11-13-15-20)17-22(32)24(19(2)3)31-28(36)40-30(7,8)9/h10-15,19,21,23-24H,1,16-18H2,2-9H3,(H,31,36)/t21-,23?,24+/m0/s1. The second kappa shape index (κ2) is 15.2. The van der Waals surface area contributed by atoms with E-state index in [0.29, 0.717) is 5.56 Å². The Morgan fingerprint density at radius 3 is 1.93 bits per heavy atom. The highest BCUT2D eigenvalue weighted by Gasteiger charge is 2.46. The molecule has 0 aromatic heterocycles. The monoisotopic (exact) mass is 561 g/mol. The van der Waals surface area contributed by atoms with Crippen molar-refractivity contribution in [1.82, 2.24) is 5.32 Å². The number of benzene rings is 1. The molecule has 0 saturated heterocycles. The SMILES string of the molecule is C=CCOC(=O)C(C(=O)OC(C)(C)C)[C@H](CC(=O)[C@H](NC(=O)OC(C)(C)C)C(C)C)C(=O)OCc1ccccc1. The molecule has 40 heavy (non-hydrogen) atoms. The van der Waals surface area contributed by atoms with Crippen LogP contribution in [0.4, 0.5) is 4.79 Å². The maximum Gasteiger partial charge on any atom is 0.408 e. The molecule has 0 aliphatic heterocycles. The third-order valence-electron chi connectivity index (χ3n) is 5.29. The van der Waals surface area contributed by atoms with Crippen molar-refractivity contribution in [1.29, 1.82) is 0 Å². The van der Waals surface area contributed by atoms with Gasteiger partial charge in [-0.1, -0.05) is 56.8 Å². The van der Waals surface area contributed by atoms with Crippen LogP contribution in [-0.4, -0.2) is 53.6 Å². The molecule has 0 bridgehead atoms. The molecule has 0 aliphatic carbocycles. The Morgan fingerprint density at radius 2 is 1.43 bits per heavy atom. The van der Waals surface area contributed by atoms with E-state index >= 15 is 0 Å². The number of ketones is 1. The third kappa shape index (κ3) is 12.4. The molecule has 1 aromatic carbocycles. The number of amides is 1. The number of hydrogen-bond acceptors (Lipinski definition) is 9. The highest BCUT2D eigenvalue weighted by Crippen LogP contribution is 2.26. The van der Waals surface area contributed by atoms with Crippen LogP contribution in [0.2, 0.25) is 0 Å². The molecular formula is C30H43NO9. The van der Waals surface area contributed by atoms with Crippen molar-refractivity contribution < 1.29 is 42.9 Å². The quantitative estimate of drug-likeness (QED) is 0.159. The summed E-state index contributed by atoms with van der Waals surface area (Å²) in [6.07, 6.45) is -0.131. The number of carbonyl (C=O) groups is 5. The predicted octanol–water partition coefficient (Wildman–Crippen LogP) is 4.54. The zero-order valence-electron chi connectivity index (χ0n) is 24.8. The van der Waals surface area contributed by atoms with E-state index in [2.05, 4.69) is 11.9 Å². The lowest BCUT2D eigenvalue weighted by Crippen LogP contribution is -2.49. The number of Topliss-reactive ketones (excluding diaryl/α,β-unsaturated/α-hetero) is 1. The van der Waals surface area contributed by atoms with E-state index in [-0.39, 0.29) is 13.2 Å². The van der Waals surface area contributed by atoms with Gasteiger partial charge in [-0.25, -0.2) is 4.79 Å². The molecule has 222 valence electrons. The first kappa shape index (κ1) is 34.3. The summed E-state index contributed by atoms with van der Waals surface area (Å²) in [5.41, 5.74) is -1.15. The van der Waals surface area contributed by atoms with Crippen LogP contribution in [0, 0.1) is 17.8 Å². The fraction of sp³-hybridized carbons (Fsp3) is 0.567. The first-order chi connectivity index (χ1) is 18.4. The van der Waals surface area contributed by atoms with Crippen LogP contribution in [0.1, 0.15) is 67.4 Å². The summed E-state index contributed by atoms with van der Waals surface area (Å²) in [4.78, 5) is 65.7. The molecule has 0 fully saturated rings. The lowest BCUT2D eigenvalue weighted by molar-refractivity contribution is -0.177. The molecule has 0 heterocycles. The molecule has 0 aliphatic rings. The maximum atomic E-state index is 13.5. The lowest BCUT2D eigenvalue weighted by atomic mass is 9.84. The molecule has 10 nitrogen and oxygen atoms in total. The predicted molar refractivity (Wildman–Crippen MR) is 148 cm³/mol. The number of nitrogens with one attached hydrogen (secondary N) is 1. The van der Waals surface area contributed by atoms with Gasteiger partial charge in [0.15, 0.2) is 11.7 Å². The molecule has 0 spiro atoms. The van der Waals surface area contributed by atoms with E-state index < -0.39 is 71.2 Å². The molecule has 0 radical (unpaired) electrons. The molecule has 1 N–H and O–H groups in total. The van der Waals surface area contributed by atoms with Crippen LogP contribution < -0.4 is 5.32 Å². The van der Waals surface area contributed by atoms with Crippen molar-refractivity contribution in [2.75, 3.05) is 6.61 Å². The Morgan fingerprint density at radius 1 is 0.850 bits per heavy atom. The summed E-state index contributed by atoms with van der Waals surface area (Å²) >= 11 is 0. The minimum Gasteiger partial charge on any atom is -0.461 e. The van der Waals surface area contributed by atoms with Crippen LogP contribution in [0.25, 0.3) is 0 Å². The van der Waals surface area contributed by atoms with Crippen molar-refractivity contribution in [3.05, 3.63) is 48.6 Å². The molecular weight excluding hydrogens is 518 g/mol. The number of hydrogen-bond donors (Lipinski definition) is 1. The van der Waals surface area contributed by atoms with E-state index in [4.69, 9.17) is 18.9 Å². The molecule has 1 aromatic rings. The van der Waals surface area contributed by atoms with Crippen molar-refractivity contribution in [3.63, 3.8) is 0 Å². The maximum absolute atomic E-state index is 13.5. The second-order valence-corrected chi connectivity index (χ2v) is 11.7. The molecule has 1 amide bonds. The largest absolute Gasteiger partial charge is 0.461 e. The first-order valence-electron chi connectivity index (χ1n) is 13.2. The van der Waals surface area contributed by atoms with Crippen LogP contribution in [0.5, 0.6) is 0 Å². The fourth-order valence-corrected chi connectivity index (χ4v) is 3.59. The molecule has 10 heteroatoms. The Kier molecular flexibility index (Phi) is 13.0. The molecule has 3 atom stereocenters. The van der Waals surface area contributed by atoms with Gasteiger partial charge in [0, 0.05) is 6.42 Å². The third-order valence-corrected chi connectivity index (χ3v) is 5.29. The average Bonchev–Trinajstić information content (AvgIpc) is 2.82. The van der Waals surface area contributed by atoms with Gasteiger partial charge < -0.3 is 24.3 Å². The minimum absolute atomic E-state index is 0.156. The van der Waals surface area contributed by atoms with Gasteiger partial charge in [-0.05, 0) is 53.0 Å². The van der Waals surface area contributed by atoms with Crippen molar-refractivity contribution >= 4 is 29.8 Å². The van der Waals surface area contributed by atoms with Gasteiger partial charge >= 0.3 is 24.0 Å².